The number of carbonyl (C=O) groups excluding carboxylic acids is 3. The van der Waals surface area contributed by atoms with E-state index in [1.54, 1.807) is 13.8 Å². The molecule has 0 aliphatic heterocycles. The third-order valence-corrected chi connectivity index (χ3v) is 3.66. The lowest BCUT2D eigenvalue weighted by molar-refractivity contribution is -0.154. The first-order chi connectivity index (χ1) is 10.3. The van der Waals surface area contributed by atoms with E-state index in [9.17, 15) is 14.4 Å². The van der Waals surface area contributed by atoms with Crippen molar-refractivity contribution in [3.63, 3.8) is 0 Å². The number of esters is 1. The maximum Gasteiger partial charge on any atom is 0.409 e. The zero-order chi connectivity index (χ0) is 17.3. The maximum absolute atomic E-state index is 12.3. The number of rotatable bonds is 8. The standard InChI is InChI=1S/C15H28N2O5/c1-7-8-9-10-22-14(19)12(3)16(4)13(18)11(2)17(5)15(20)21-6/h11-12H,7-10H2,1-6H3. The van der Waals surface area contributed by atoms with Gasteiger partial charge in [-0.05, 0) is 20.3 Å². The predicted octanol–water partition coefficient (Wildman–Crippen LogP) is 1.65. The first kappa shape index (κ1) is 20.2. The number of ether oxygens (including phenoxy) is 2. The molecule has 0 aromatic carbocycles. The van der Waals surface area contributed by atoms with Crippen LogP contribution in [0, 0.1) is 0 Å². The van der Waals surface area contributed by atoms with E-state index in [4.69, 9.17) is 4.74 Å². The van der Waals surface area contributed by atoms with Crippen molar-refractivity contribution < 1.29 is 23.9 Å². The van der Waals surface area contributed by atoms with Crippen LogP contribution in [0.2, 0.25) is 0 Å². The molecule has 7 nitrogen and oxygen atoms in total. The molecule has 0 saturated heterocycles. The van der Waals surface area contributed by atoms with E-state index in [0.717, 1.165) is 19.3 Å². The van der Waals surface area contributed by atoms with Gasteiger partial charge in [-0.25, -0.2) is 9.59 Å². The minimum absolute atomic E-state index is 0.356. The molecule has 22 heavy (non-hydrogen) atoms. The van der Waals surface area contributed by atoms with Crippen molar-refractivity contribution in [2.45, 2.75) is 52.1 Å². The second-order valence-electron chi connectivity index (χ2n) is 5.26. The molecule has 0 spiro atoms. The molecule has 7 heteroatoms. The highest BCUT2D eigenvalue weighted by molar-refractivity contribution is 5.89. The number of unbranched alkanes of at least 4 members (excludes halogenated alkanes) is 2. The minimum atomic E-state index is -0.729. The average Bonchev–Trinajstić information content (AvgIpc) is 2.54. The fraction of sp³-hybridized carbons (Fsp3) is 0.800. The summed E-state index contributed by atoms with van der Waals surface area (Å²) in [6.45, 7) is 5.60. The molecule has 0 fully saturated rings. The number of hydrogen-bond donors (Lipinski definition) is 0. The van der Waals surface area contributed by atoms with Crippen molar-refractivity contribution in [2.24, 2.45) is 0 Å². The normalized spacial score (nSPS) is 13.0. The summed E-state index contributed by atoms with van der Waals surface area (Å²) < 4.78 is 9.72. The summed E-state index contributed by atoms with van der Waals surface area (Å²) in [4.78, 5) is 38.1. The van der Waals surface area contributed by atoms with E-state index in [1.165, 1.54) is 31.0 Å². The van der Waals surface area contributed by atoms with Gasteiger partial charge in [0.05, 0.1) is 13.7 Å². The molecule has 0 aromatic heterocycles. The van der Waals surface area contributed by atoms with E-state index in [-0.39, 0.29) is 5.91 Å². The van der Waals surface area contributed by atoms with E-state index >= 15 is 0 Å². The van der Waals surface area contributed by atoms with Gasteiger partial charge in [0.15, 0.2) is 0 Å². The van der Waals surface area contributed by atoms with E-state index in [2.05, 4.69) is 11.7 Å². The molecule has 0 heterocycles. The zero-order valence-electron chi connectivity index (χ0n) is 14.4. The molecule has 0 aliphatic rings. The summed E-state index contributed by atoms with van der Waals surface area (Å²) in [5, 5.41) is 0. The monoisotopic (exact) mass is 316 g/mol. The Morgan fingerprint density at radius 2 is 1.59 bits per heavy atom. The Morgan fingerprint density at radius 3 is 2.09 bits per heavy atom. The van der Waals surface area contributed by atoms with Crippen LogP contribution in [0.1, 0.15) is 40.0 Å². The molecule has 2 atom stereocenters. The molecule has 0 N–H and O–H groups in total. The van der Waals surface area contributed by atoms with Crippen LogP contribution in [0.25, 0.3) is 0 Å². The highest BCUT2D eigenvalue weighted by Crippen LogP contribution is 2.07. The van der Waals surface area contributed by atoms with Gasteiger partial charge in [-0.2, -0.15) is 0 Å². The Hall–Kier alpha value is -1.79. The van der Waals surface area contributed by atoms with Gasteiger partial charge in [0, 0.05) is 14.1 Å². The van der Waals surface area contributed by atoms with Crippen molar-refractivity contribution in [3.05, 3.63) is 0 Å². The van der Waals surface area contributed by atoms with Gasteiger partial charge >= 0.3 is 12.1 Å². The van der Waals surface area contributed by atoms with Crippen LogP contribution in [0.5, 0.6) is 0 Å². The second kappa shape index (κ2) is 10.0. The fourth-order valence-electron chi connectivity index (χ4n) is 1.76. The summed E-state index contributed by atoms with van der Waals surface area (Å²) in [7, 11) is 4.23. The van der Waals surface area contributed by atoms with Crippen LogP contribution in [-0.4, -0.2) is 67.7 Å². The highest BCUT2D eigenvalue weighted by atomic mass is 16.5. The summed E-state index contributed by atoms with van der Waals surface area (Å²) in [6, 6.07) is -1.43. The summed E-state index contributed by atoms with van der Waals surface area (Å²) in [5.74, 6) is -0.800. The Bertz CT molecular complexity index is 386. The molecule has 128 valence electrons. The minimum Gasteiger partial charge on any atom is -0.464 e. The van der Waals surface area contributed by atoms with Gasteiger partial charge in [-0.3, -0.25) is 9.69 Å². The lowest BCUT2D eigenvalue weighted by Gasteiger charge is -2.30. The van der Waals surface area contributed by atoms with E-state index in [0.29, 0.717) is 6.61 Å². The third-order valence-electron chi connectivity index (χ3n) is 3.66. The molecule has 0 bridgehead atoms. The van der Waals surface area contributed by atoms with Crippen molar-refractivity contribution in [1.29, 1.82) is 0 Å². The van der Waals surface area contributed by atoms with Gasteiger partial charge in [0.1, 0.15) is 12.1 Å². The molecule has 2 unspecified atom stereocenters. The largest absolute Gasteiger partial charge is 0.464 e. The van der Waals surface area contributed by atoms with Crippen LogP contribution in [0.4, 0.5) is 4.79 Å². The fourth-order valence-corrected chi connectivity index (χ4v) is 1.76. The van der Waals surface area contributed by atoms with Gasteiger partial charge in [0.2, 0.25) is 5.91 Å². The smallest absolute Gasteiger partial charge is 0.409 e. The number of amides is 2. The molecule has 0 saturated carbocycles. The third kappa shape index (κ3) is 5.91. The predicted molar refractivity (Wildman–Crippen MR) is 82.3 cm³/mol. The zero-order valence-corrected chi connectivity index (χ0v) is 14.4. The maximum atomic E-state index is 12.3. The Labute approximate surface area is 132 Å². The van der Waals surface area contributed by atoms with Gasteiger partial charge in [-0.15, -0.1) is 0 Å². The molecule has 0 aromatic rings. The van der Waals surface area contributed by atoms with Crippen LogP contribution in [0.3, 0.4) is 0 Å². The quantitative estimate of drug-likeness (QED) is 0.503. The van der Waals surface area contributed by atoms with Crippen molar-refractivity contribution >= 4 is 18.0 Å². The number of carbonyl (C=O) groups is 3. The first-order valence-electron chi connectivity index (χ1n) is 7.51. The highest BCUT2D eigenvalue weighted by Gasteiger charge is 2.30. The number of likely N-dealkylation sites (N-methyl/N-ethyl adjacent to an activating group) is 2. The lowest BCUT2D eigenvalue weighted by Crippen LogP contribution is -2.51. The average molecular weight is 316 g/mol. The Balaban J connectivity index is 4.53. The molecule has 0 radical (unpaired) electrons. The first-order valence-corrected chi connectivity index (χ1v) is 7.51. The Morgan fingerprint density at radius 1 is 1.00 bits per heavy atom. The SMILES string of the molecule is CCCCCOC(=O)C(C)N(C)C(=O)C(C)N(C)C(=O)OC. The van der Waals surface area contributed by atoms with Crippen molar-refractivity contribution in [2.75, 3.05) is 27.8 Å². The molecule has 0 aliphatic carbocycles. The second-order valence-corrected chi connectivity index (χ2v) is 5.26. The molecule has 2 amide bonds. The van der Waals surface area contributed by atoms with E-state index in [1.807, 2.05) is 0 Å². The van der Waals surface area contributed by atoms with Gasteiger partial charge in [-0.1, -0.05) is 19.8 Å². The van der Waals surface area contributed by atoms with Crippen LogP contribution in [-0.2, 0) is 19.1 Å². The summed E-state index contributed by atoms with van der Waals surface area (Å²) in [5.41, 5.74) is 0. The van der Waals surface area contributed by atoms with E-state index < -0.39 is 24.1 Å². The van der Waals surface area contributed by atoms with Crippen molar-refractivity contribution in [3.8, 4) is 0 Å². The van der Waals surface area contributed by atoms with Crippen molar-refractivity contribution in [1.82, 2.24) is 9.80 Å². The molecular weight excluding hydrogens is 288 g/mol. The van der Waals surface area contributed by atoms with Gasteiger partial charge in [0.25, 0.3) is 0 Å². The topological polar surface area (TPSA) is 76.2 Å². The number of nitrogens with zero attached hydrogens (tertiary/aromatic N) is 2. The van der Waals surface area contributed by atoms with Crippen LogP contribution in [0.15, 0.2) is 0 Å². The Kier molecular flexibility index (Phi) is 9.21. The lowest BCUT2D eigenvalue weighted by atomic mass is 10.2. The molecule has 0 rings (SSSR count). The number of methoxy groups -OCH3 is 1. The van der Waals surface area contributed by atoms with Crippen LogP contribution >= 0.6 is 0 Å². The van der Waals surface area contributed by atoms with Crippen LogP contribution < -0.4 is 0 Å². The summed E-state index contributed by atoms with van der Waals surface area (Å²) in [6.07, 6.45) is 2.25. The number of hydrogen-bond acceptors (Lipinski definition) is 5. The molecular formula is C15H28N2O5. The van der Waals surface area contributed by atoms with Gasteiger partial charge < -0.3 is 14.4 Å². The summed E-state index contributed by atoms with van der Waals surface area (Å²) >= 11 is 0.